The zero-order valence-electron chi connectivity index (χ0n) is 20.7. The number of hydrogen-bond donors (Lipinski definition) is 0. The summed E-state index contributed by atoms with van der Waals surface area (Å²) >= 11 is 0. The third-order valence-electron chi connectivity index (χ3n) is 6.67. The van der Waals surface area contributed by atoms with Gasteiger partial charge in [0, 0.05) is 68.9 Å². The third-order valence-corrected chi connectivity index (χ3v) is 6.67. The van der Waals surface area contributed by atoms with Gasteiger partial charge in [0.25, 0.3) is 0 Å². The van der Waals surface area contributed by atoms with Gasteiger partial charge in [-0.15, -0.1) is 0 Å². The van der Waals surface area contributed by atoms with Crippen LogP contribution in [0.15, 0.2) is 55.4 Å². The van der Waals surface area contributed by atoms with E-state index in [1.807, 2.05) is 48.8 Å². The van der Waals surface area contributed by atoms with Crippen molar-refractivity contribution < 1.29 is 4.74 Å². The molecule has 5 aromatic rings. The molecule has 0 fully saturated rings. The fourth-order valence-corrected chi connectivity index (χ4v) is 4.92. The Bertz CT molecular complexity index is 1530. The van der Waals surface area contributed by atoms with Gasteiger partial charge in [0.05, 0.1) is 48.5 Å². The van der Waals surface area contributed by atoms with Crippen LogP contribution in [0.25, 0.3) is 33.8 Å². The highest BCUT2D eigenvalue weighted by atomic mass is 16.5. The molecule has 0 unspecified atom stereocenters. The minimum absolute atomic E-state index is 0.589. The van der Waals surface area contributed by atoms with Crippen LogP contribution in [-0.4, -0.2) is 52.8 Å². The summed E-state index contributed by atoms with van der Waals surface area (Å²) in [7, 11) is 5.70. The topological polar surface area (TPSA) is 88.5 Å². The van der Waals surface area contributed by atoms with Crippen LogP contribution in [0.3, 0.4) is 0 Å². The van der Waals surface area contributed by atoms with Gasteiger partial charge in [-0.1, -0.05) is 0 Å². The van der Waals surface area contributed by atoms with Crippen LogP contribution in [0.5, 0.6) is 0 Å². The smallest absolute Gasteiger partial charge is 0.134 e. The summed E-state index contributed by atoms with van der Waals surface area (Å²) < 4.78 is 11.0. The highest BCUT2D eigenvalue weighted by Gasteiger charge is 2.26. The molecule has 0 spiro atoms. The van der Waals surface area contributed by atoms with Gasteiger partial charge in [0.2, 0.25) is 0 Å². The number of pyridine rings is 1. The molecule has 0 aromatic carbocycles. The van der Waals surface area contributed by atoms with E-state index in [2.05, 4.69) is 45.1 Å². The Hall–Kier alpha value is -4.11. The van der Waals surface area contributed by atoms with Crippen LogP contribution in [-0.2, 0) is 44.6 Å². The molecule has 182 valence electrons. The number of hydrogen-bond acceptors (Lipinski definition) is 6. The number of rotatable bonds is 7. The highest BCUT2D eigenvalue weighted by Crippen LogP contribution is 2.40. The number of aromatic nitrogens is 8. The molecule has 9 heteroatoms. The van der Waals surface area contributed by atoms with Crippen LogP contribution >= 0.6 is 0 Å². The standard InChI is InChI=1S/C27H28N8O/c1-33-16-20-5-4-18-13-29-24(12-22-8-9-35(32-22)10-11-36-3)31-26(18)25(20)27(33)19-6-7-23(28-14-19)21-15-30-34(2)17-21/h6-9,13-17H,4-5,10-12H2,1-3H3. The molecule has 0 saturated carbocycles. The lowest BCUT2D eigenvalue weighted by molar-refractivity contribution is 0.183. The van der Waals surface area contributed by atoms with Gasteiger partial charge in [0.15, 0.2) is 0 Å². The number of aryl methyl sites for hydroxylation is 4. The molecular weight excluding hydrogens is 452 g/mol. The normalized spacial score (nSPS) is 12.5. The molecule has 6 rings (SSSR count). The van der Waals surface area contributed by atoms with E-state index in [0.717, 1.165) is 59.1 Å². The summed E-state index contributed by atoms with van der Waals surface area (Å²) in [6, 6.07) is 6.21. The molecule has 36 heavy (non-hydrogen) atoms. The molecule has 9 nitrogen and oxygen atoms in total. The molecule has 0 amide bonds. The van der Waals surface area contributed by atoms with Crippen molar-refractivity contribution in [3.63, 3.8) is 0 Å². The van der Waals surface area contributed by atoms with Gasteiger partial charge in [0.1, 0.15) is 5.82 Å². The molecule has 0 bridgehead atoms. The zero-order chi connectivity index (χ0) is 24.6. The van der Waals surface area contributed by atoms with E-state index < -0.39 is 0 Å². The van der Waals surface area contributed by atoms with Crippen LogP contribution in [0.1, 0.15) is 22.6 Å². The fraction of sp³-hybridized carbons (Fsp3) is 0.296. The number of ether oxygens (including phenoxy) is 1. The van der Waals surface area contributed by atoms with Crippen molar-refractivity contribution in [2.75, 3.05) is 13.7 Å². The van der Waals surface area contributed by atoms with Gasteiger partial charge in [-0.3, -0.25) is 14.3 Å². The van der Waals surface area contributed by atoms with Crippen molar-refractivity contribution in [2.24, 2.45) is 14.1 Å². The van der Waals surface area contributed by atoms with Crippen molar-refractivity contribution in [3.05, 3.63) is 78.0 Å². The molecule has 1 aliphatic carbocycles. The fourth-order valence-electron chi connectivity index (χ4n) is 4.92. The molecule has 0 aliphatic heterocycles. The number of fused-ring (bicyclic) bond motifs is 3. The average molecular weight is 481 g/mol. The lowest BCUT2D eigenvalue weighted by Crippen LogP contribution is -2.09. The summed E-state index contributed by atoms with van der Waals surface area (Å²) in [6.07, 6.45) is 14.4. The van der Waals surface area contributed by atoms with Crippen molar-refractivity contribution in [1.82, 2.24) is 39.1 Å². The van der Waals surface area contributed by atoms with E-state index in [0.29, 0.717) is 13.0 Å². The second-order valence-electron chi connectivity index (χ2n) is 9.22. The molecule has 0 radical (unpaired) electrons. The van der Waals surface area contributed by atoms with E-state index in [1.165, 1.54) is 16.7 Å². The first-order valence-electron chi connectivity index (χ1n) is 12.1. The molecular formula is C27H28N8O. The molecule has 5 heterocycles. The van der Waals surface area contributed by atoms with Crippen molar-refractivity contribution in [1.29, 1.82) is 0 Å². The Morgan fingerprint density at radius 2 is 1.83 bits per heavy atom. The maximum atomic E-state index is 5.15. The van der Waals surface area contributed by atoms with E-state index in [4.69, 9.17) is 14.7 Å². The molecule has 0 atom stereocenters. The zero-order valence-corrected chi connectivity index (χ0v) is 20.7. The van der Waals surface area contributed by atoms with Crippen LogP contribution in [0, 0.1) is 0 Å². The van der Waals surface area contributed by atoms with Gasteiger partial charge in [-0.25, -0.2) is 9.97 Å². The van der Waals surface area contributed by atoms with E-state index in [-0.39, 0.29) is 0 Å². The van der Waals surface area contributed by atoms with Crippen LogP contribution < -0.4 is 0 Å². The Morgan fingerprint density at radius 1 is 0.944 bits per heavy atom. The predicted octanol–water partition coefficient (Wildman–Crippen LogP) is 3.48. The third kappa shape index (κ3) is 4.11. The SMILES string of the molecule is COCCn1ccc(Cc2ncc3c(n2)-c2c(cn(C)c2-c2ccc(-c4cnn(C)c4)nc2)CC3)n1. The minimum Gasteiger partial charge on any atom is -0.383 e. The molecule has 1 aliphatic rings. The number of methoxy groups -OCH3 is 1. The van der Waals surface area contributed by atoms with E-state index >= 15 is 0 Å². The Balaban J connectivity index is 1.34. The maximum Gasteiger partial charge on any atom is 0.134 e. The Kier molecular flexibility index (Phi) is 5.69. The second kappa shape index (κ2) is 9.16. The van der Waals surface area contributed by atoms with Gasteiger partial charge in [-0.05, 0) is 42.2 Å². The molecule has 0 N–H and O–H groups in total. The highest BCUT2D eigenvalue weighted by molar-refractivity contribution is 5.85. The summed E-state index contributed by atoms with van der Waals surface area (Å²) in [5.74, 6) is 0.776. The first-order chi connectivity index (χ1) is 17.6. The predicted molar refractivity (Wildman–Crippen MR) is 136 cm³/mol. The first-order valence-corrected chi connectivity index (χ1v) is 12.1. The van der Waals surface area contributed by atoms with Crippen LogP contribution in [0.2, 0.25) is 0 Å². The Labute approximate surface area is 209 Å². The maximum absolute atomic E-state index is 5.15. The summed E-state index contributed by atoms with van der Waals surface area (Å²) in [5.41, 5.74) is 9.76. The first kappa shape index (κ1) is 22.4. The van der Waals surface area contributed by atoms with Gasteiger partial charge < -0.3 is 9.30 Å². The van der Waals surface area contributed by atoms with Crippen LogP contribution in [0.4, 0.5) is 0 Å². The Morgan fingerprint density at radius 3 is 2.61 bits per heavy atom. The quantitative estimate of drug-likeness (QED) is 0.354. The van der Waals surface area contributed by atoms with Crippen molar-refractivity contribution in [2.45, 2.75) is 25.8 Å². The van der Waals surface area contributed by atoms with E-state index in [9.17, 15) is 0 Å². The summed E-state index contributed by atoms with van der Waals surface area (Å²) in [6.45, 7) is 1.36. The van der Waals surface area contributed by atoms with Crippen molar-refractivity contribution >= 4 is 0 Å². The monoisotopic (exact) mass is 480 g/mol. The van der Waals surface area contributed by atoms with E-state index in [1.54, 1.807) is 11.8 Å². The lowest BCUT2D eigenvalue weighted by Gasteiger charge is -2.18. The van der Waals surface area contributed by atoms with Crippen molar-refractivity contribution in [3.8, 4) is 33.8 Å². The van der Waals surface area contributed by atoms with Gasteiger partial charge >= 0.3 is 0 Å². The average Bonchev–Trinajstić information content (AvgIpc) is 3.61. The molecule has 0 saturated heterocycles. The largest absolute Gasteiger partial charge is 0.383 e. The number of nitrogens with zero attached hydrogens (tertiary/aromatic N) is 8. The lowest BCUT2D eigenvalue weighted by atomic mass is 9.90. The molecule has 5 aromatic heterocycles. The summed E-state index contributed by atoms with van der Waals surface area (Å²) in [4.78, 5) is 14.5. The second-order valence-corrected chi connectivity index (χ2v) is 9.22. The summed E-state index contributed by atoms with van der Waals surface area (Å²) in [5, 5.41) is 8.90. The minimum atomic E-state index is 0.589. The van der Waals surface area contributed by atoms with Gasteiger partial charge in [-0.2, -0.15) is 10.2 Å².